The molecule has 5 rings (SSSR count). The van der Waals surface area contributed by atoms with E-state index in [9.17, 15) is 14.7 Å². The third-order valence-electron chi connectivity index (χ3n) is 6.81. The summed E-state index contributed by atoms with van der Waals surface area (Å²) in [7, 11) is 0. The van der Waals surface area contributed by atoms with Gasteiger partial charge in [0.05, 0.1) is 12.2 Å². The number of pyridine rings is 1. The van der Waals surface area contributed by atoms with Crippen LogP contribution in [0, 0.1) is 5.92 Å². The van der Waals surface area contributed by atoms with Crippen molar-refractivity contribution in [3.05, 3.63) is 47.1 Å². The van der Waals surface area contributed by atoms with Gasteiger partial charge < -0.3 is 20.1 Å². The lowest BCUT2D eigenvalue weighted by atomic mass is 10.0. The quantitative estimate of drug-likeness (QED) is 0.552. The molecule has 1 saturated heterocycles. The molecular weight excluding hydrogens is 464 g/mol. The van der Waals surface area contributed by atoms with E-state index in [2.05, 4.69) is 28.5 Å². The predicted molar refractivity (Wildman–Crippen MR) is 135 cm³/mol. The monoisotopic (exact) mass is 494 g/mol. The second kappa shape index (κ2) is 9.81. The van der Waals surface area contributed by atoms with Crippen molar-refractivity contribution in [1.82, 2.24) is 14.9 Å². The first-order chi connectivity index (χ1) is 16.9. The van der Waals surface area contributed by atoms with E-state index in [1.165, 1.54) is 21.8 Å². The van der Waals surface area contributed by atoms with E-state index >= 15 is 0 Å². The molecular formula is C26H30N4O4S. The van der Waals surface area contributed by atoms with Gasteiger partial charge in [0, 0.05) is 23.4 Å². The number of ether oxygens (including phenoxy) is 1. The molecule has 2 N–H and O–H groups in total. The smallest absolute Gasteiger partial charge is 0.326 e. The Hall–Kier alpha value is -3.20. The molecule has 4 heterocycles. The normalized spacial score (nSPS) is 23.1. The number of carbonyl (C=O) groups is 2. The summed E-state index contributed by atoms with van der Waals surface area (Å²) in [6, 6.07) is 6.75. The Bertz CT molecular complexity index is 1240. The molecule has 35 heavy (non-hydrogen) atoms. The van der Waals surface area contributed by atoms with Gasteiger partial charge in [-0.05, 0) is 54.7 Å². The van der Waals surface area contributed by atoms with Crippen molar-refractivity contribution < 1.29 is 19.4 Å². The molecule has 0 spiro atoms. The highest BCUT2D eigenvalue weighted by Gasteiger charge is 2.43. The minimum atomic E-state index is -1.03. The number of fused-ring (bicyclic) bond motifs is 5. The summed E-state index contributed by atoms with van der Waals surface area (Å²) in [5.74, 6) is -0.832. The fourth-order valence-electron chi connectivity index (χ4n) is 4.91. The van der Waals surface area contributed by atoms with Crippen LogP contribution in [0.15, 0.2) is 35.8 Å². The van der Waals surface area contributed by atoms with Gasteiger partial charge in [-0.3, -0.25) is 4.79 Å². The first kappa shape index (κ1) is 23.5. The lowest BCUT2D eigenvalue weighted by Gasteiger charge is -2.29. The number of carboxylic acids is 1. The van der Waals surface area contributed by atoms with Crippen LogP contribution in [0.3, 0.4) is 0 Å². The van der Waals surface area contributed by atoms with Crippen LogP contribution in [-0.4, -0.2) is 56.6 Å². The molecule has 8 nitrogen and oxygen atoms in total. The summed E-state index contributed by atoms with van der Waals surface area (Å²) in [6.45, 7) is 4.10. The highest BCUT2D eigenvalue weighted by atomic mass is 32.1. The largest absolute Gasteiger partial charge is 0.480 e. The van der Waals surface area contributed by atoms with Crippen molar-refractivity contribution in [2.75, 3.05) is 11.9 Å². The SMILES string of the molecule is CC(C)[C@@H]1Nc2nc(cs2)CCCCc2ccc3ccnc(c3c2)O[C@@H]2C[C@@H](C(=O)O)N(C2)C1=O. The first-order valence-corrected chi connectivity index (χ1v) is 13.1. The Balaban J connectivity index is 1.52. The number of nitrogens with zero attached hydrogens (tertiary/aromatic N) is 3. The minimum absolute atomic E-state index is 0.0481. The van der Waals surface area contributed by atoms with Crippen LogP contribution in [0.2, 0.25) is 0 Å². The van der Waals surface area contributed by atoms with E-state index in [0.29, 0.717) is 11.0 Å². The summed E-state index contributed by atoms with van der Waals surface area (Å²) in [5.41, 5.74) is 2.22. The van der Waals surface area contributed by atoms with Crippen LogP contribution < -0.4 is 10.1 Å². The van der Waals surface area contributed by atoms with Crippen LogP contribution in [0.1, 0.15) is 44.4 Å². The van der Waals surface area contributed by atoms with Gasteiger partial charge in [-0.2, -0.15) is 0 Å². The molecule has 184 valence electrons. The Labute approximate surface area is 208 Å². The van der Waals surface area contributed by atoms with Crippen LogP contribution in [-0.2, 0) is 22.4 Å². The number of carbonyl (C=O) groups excluding carboxylic acids is 1. The lowest BCUT2D eigenvalue weighted by Crippen LogP contribution is -2.50. The van der Waals surface area contributed by atoms with Gasteiger partial charge in [0.15, 0.2) is 5.13 Å². The number of hydrogen-bond donors (Lipinski definition) is 2. The van der Waals surface area contributed by atoms with Gasteiger partial charge >= 0.3 is 5.97 Å². The van der Waals surface area contributed by atoms with Gasteiger partial charge in [-0.15, -0.1) is 11.3 Å². The summed E-state index contributed by atoms with van der Waals surface area (Å²) in [5, 5.41) is 17.9. The molecule has 3 atom stereocenters. The number of rotatable bonds is 2. The van der Waals surface area contributed by atoms with E-state index in [4.69, 9.17) is 9.72 Å². The highest BCUT2D eigenvalue weighted by molar-refractivity contribution is 7.13. The molecule has 1 fully saturated rings. The number of carboxylic acid groups (broad SMARTS) is 1. The van der Waals surface area contributed by atoms with E-state index in [1.54, 1.807) is 6.20 Å². The Morgan fingerprint density at radius 1 is 1.26 bits per heavy atom. The van der Waals surface area contributed by atoms with Gasteiger partial charge in [0.2, 0.25) is 11.8 Å². The van der Waals surface area contributed by atoms with Crippen molar-refractivity contribution in [3.8, 4) is 5.88 Å². The molecule has 0 aliphatic carbocycles. The average Bonchev–Trinajstić information content (AvgIpc) is 3.46. The summed E-state index contributed by atoms with van der Waals surface area (Å²) in [6.07, 6.45) is 5.33. The number of thiazole rings is 1. The van der Waals surface area contributed by atoms with E-state index in [1.807, 2.05) is 25.3 Å². The molecule has 9 heteroatoms. The third kappa shape index (κ3) is 4.96. The van der Waals surface area contributed by atoms with Crippen LogP contribution in [0.25, 0.3) is 10.8 Å². The summed E-state index contributed by atoms with van der Waals surface area (Å²) in [4.78, 5) is 36.3. The van der Waals surface area contributed by atoms with Crippen molar-refractivity contribution in [1.29, 1.82) is 0 Å². The number of anilines is 1. The van der Waals surface area contributed by atoms with E-state index in [-0.39, 0.29) is 24.8 Å². The Morgan fingerprint density at radius 2 is 2.09 bits per heavy atom. The number of nitrogens with one attached hydrogen (secondary N) is 1. The van der Waals surface area contributed by atoms with Crippen LogP contribution in [0.5, 0.6) is 5.88 Å². The topological polar surface area (TPSA) is 105 Å². The number of aliphatic carboxylic acids is 1. The second-order valence-corrected chi connectivity index (χ2v) is 10.6. The highest BCUT2D eigenvalue weighted by Crippen LogP contribution is 2.30. The molecule has 2 aliphatic heterocycles. The van der Waals surface area contributed by atoms with E-state index in [0.717, 1.165) is 42.1 Å². The zero-order valence-corrected chi connectivity index (χ0v) is 20.8. The zero-order valence-electron chi connectivity index (χ0n) is 19.9. The van der Waals surface area contributed by atoms with Gasteiger partial charge in [0.1, 0.15) is 18.2 Å². The molecule has 2 aliphatic rings. The maximum Gasteiger partial charge on any atom is 0.326 e. The number of hydrogen-bond acceptors (Lipinski definition) is 7. The maximum atomic E-state index is 13.6. The molecule has 0 radical (unpaired) electrons. The predicted octanol–water partition coefficient (Wildman–Crippen LogP) is 4.14. The van der Waals surface area contributed by atoms with Gasteiger partial charge in [0.25, 0.3) is 0 Å². The lowest BCUT2D eigenvalue weighted by molar-refractivity contribution is -0.148. The zero-order chi connectivity index (χ0) is 24.5. The molecule has 2 aromatic heterocycles. The van der Waals surface area contributed by atoms with Crippen LogP contribution >= 0.6 is 11.3 Å². The number of amides is 1. The molecule has 6 bridgehead atoms. The Kier molecular flexibility index (Phi) is 6.60. The van der Waals surface area contributed by atoms with Crippen LogP contribution in [0.4, 0.5) is 5.13 Å². The molecule has 3 aromatic rings. The average molecular weight is 495 g/mol. The third-order valence-corrected chi connectivity index (χ3v) is 7.64. The molecule has 1 amide bonds. The molecule has 0 saturated carbocycles. The number of aromatic nitrogens is 2. The molecule has 1 aromatic carbocycles. The first-order valence-electron chi connectivity index (χ1n) is 12.2. The maximum absolute atomic E-state index is 13.6. The summed E-state index contributed by atoms with van der Waals surface area (Å²) < 4.78 is 6.27. The van der Waals surface area contributed by atoms with Crippen molar-refractivity contribution in [3.63, 3.8) is 0 Å². The molecule has 0 unspecified atom stereocenters. The number of benzene rings is 1. The van der Waals surface area contributed by atoms with Gasteiger partial charge in [-0.1, -0.05) is 26.0 Å². The van der Waals surface area contributed by atoms with Crippen molar-refractivity contribution >= 4 is 39.1 Å². The van der Waals surface area contributed by atoms with E-state index < -0.39 is 24.2 Å². The Morgan fingerprint density at radius 3 is 2.89 bits per heavy atom. The summed E-state index contributed by atoms with van der Waals surface area (Å²) >= 11 is 1.49. The fourth-order valence-corrected chi connectivity index (χ4v) is 5.69. The van der Waals surface area contributed by atoms with Crippen molar-refractivity contribution in [2.24, 2.45) is 5.92 Å². The minimum Gasteiger partial charge on any atom is -0.480 e. The number of aryl methyl sites for hydroxylation is 2. The van der Waals surface area contributed by atoms with Crippen molar-refractivity contribution in [2.45, 2.75) is 64.1 Å². The van der Waals surface area contributed by atoms with Gasteiger partial charge in [-0.25, -0.2) is 14.8 Å². The standard InChI is InChI=1S/C26H30N4O4S/c1-15(2)22-24(31)30-13-19(12-21(30)25(32)33)34-23-20-11-16(7-8-17(20)9-10-27-23)5-3-4-6-18-14-35-26(28-18)29-22/h7-11,14-15,19,21-22H,3-6,12-13H2,1-2H3,(H,28,29)(H,32,33)/t19-,21+,22+/m1/s1. The second-order valence-electron chi connectivity index (χ2n) is 9.71. The fraction of sp³-hybridized carbons (Fsp3) is 0.462.